The number of aliphatic hydroxyl groups excluding tert-OH is 1. The van der Waals surface area contributed by atoms with Crippen LogP contribution < -0.4 is 5.32 Å². The molecule has 0 radical (unpaired) electrons. The Morgan fingerprint density at radius 2 is 2.33 bits per heavy atom. The zero-order valence-corrected chi connectivity index (χ0v) is 12.0. The Hall–Kier alpha value is -2.22. The molecule has 3 atom stereocenters. The van der Waals surface area contributed by atoms with Crippen molar-refractivity contribution in [2.45, 2.75) is 45.0 Å². The number of rotatable bonds is 4. The van der Waals surface area contributed by atoms with Gasteiger partial charge in [0.2, 0.25) is 0 Å². The molecule has 2 heterocycles. The van der Waals surface area contributed by atoms with Crippen molar-refractivity contribution in [2.24, 2.45) is 0 Å². The van der Waals surface area contributed by atoms with E-state index in [9.17, 15) is 9.90 Å². The first-order valence-electron chi connectivity index (χ1n) is 7.00. The van der Waals surface area contributed by atoms with Crippen molar-refractivity contribution in [3.8, 4) is 0 Å². The summed E-state index contributed by atoms with van der Waals surface area (Å²) in [5.74, 6) is -0.263. The predicted molar refractivity (Wildman–Crippen MR) is 73.6 cm³/mol. The standard InChI is InChI=1S/C13H18N6O2/c1-3-19-16-8(2)11(17-19)13(21)15-9-7-10(20)12(9)18-6-4-5-14-18/h4-6,9-10,12,20H,3,7H2,1-2H3,(H,15,21)/t9-,10+,12+/m0/s1. The number of aromatic nitrogens is 5. The van der Waals surface area contributed by atoms with Crippen LogP contribution in [0.5, 0.6) is 0 Å². The third-order valence-corrected chi connectivity index (χ3v) is 3.77. The minimum atomic E-state index is -0.498. The summed E-state index contributed by atoms with van der Waals surface area (Å²) in [5.41, 5.74) is 0.933. The fraction of sp³-hybridized carbons (Fsp3) is 0.538. The molecule has 2 aromatic heterocycles. The quantitative estimate of drug-likeness (QED) is 0.820. The molecule has 0 saturated heterocycles. The van der Waals surface area contributed by atoms with Crippen LogP contribution in [0.4, 0.5) is 0 Å². The van der Waals surface area contributed by atoms with Crippen molar-refractivity contribution in [3.05, 3.63) is 29.8 Å². The normalized spacial score (nSPS) is 24.6. The molecule has 1 saturated carbocycles. The van der Waals surface area contributed by atoms with Gasteiger partial charge in [0.25, 0.3) is 5.91 Å². The molecule has 0 bridgehead atoms. The molecule has 0 aromatic carbocycles. The van der Waals surface area contributed by atoms with Crippen molar-refractivity contribution in [2.75, 3.05) is 0 Å². The second-order valence-corrected chi connectivity index (χ2v) is 5.18. The summed E-state index contributed by atoms with van der Waals surface area (Å²) >= 11 is 0. The van der Waals surface area contributed by atoms with Crippen molar-refractivity contribution in [1.29, 1.82) is 0 Å². The van der Waals surface area contributed by atoms with Crippen LogP contribution in [0.25, 0.3) is 0 Å². The van der Waals surface area contributed by atoms with Crippen molar-refractivity contribution in [1.82, 2.24) is 30.1 Å². The second kappa shape index (κ2) is 5.28. The first kappa shape index (κ1) is 13.7. The minimum Gasteiger partial charge on any atom is -0.391 e. The molecular formula is C13H18N6O2. The maximum atomic E-state index is 12.3. The lowest BCUT2D eigenvalue weighted by Gasteiger charge is -2.41. The highest BCUT2D eigenvalue weighted by atomic mass is 16.3. The van der Waals surface area contributed by atoms with E-state index in [1.165, 1.54) is 4.80 Å². The summed E-state index contributed by atoms with van der Waals surface area (Å²) in [6.07, 6.45) is 3.45. The Morgan fingerprint density at radius 1 is 1.52 bits per heavy atom. The van der Waals surface area contributed by atoms with E-state index < -0.39 is 6.10 Å². The monoisotopic (exact) mass is 290 g/mol. The zero-order chi connectivity index (χ0) is 15.0. The molecule has 1 aliphatic rings. The second-order valence-electron chi connectivity index (χ2n) is 5.18. The van der Waals surface area contributed by atoms with Crippen LogP contribution in [0.3, 0.4) is 0 Å². The highest BCUT2D eigenvalue weighted by Crippen LogP contribution is 2.32. The van der Waals surface area contributed by atoms with Crippen LogP contribution >= 0.6 is 0 Å². The van der Waals surface area contributed by atoms with Gasteiger partial charge in [-0.3, -0.25) is 9.48 Å². The summed E-state index contributed by atoms with van der Waals surface area (Å²) < 4.78 is 1.68. The Labute approximate surface area is 121 Å². The van der Waals surface area contributed by atoms with Gasteiger partial charge in [0.1, 0.15) is 0 Å². The van der Waals surface area contributed by atoms with E-state index in [0.29, 0.717) is 24.4 Å². The molecule has 8 nitrogen and oxygen atoms in total. The summed E-state index contributed by atoms with van der Waals surface area (Å²) in [5, 5.41) is 25.2. The third-order valence-electron chi connectivity index (χ3n) is 3.77. The van der Waals surface area contributed by atoms with Gasteiger partial charge < -0.3 is 10.4 Å². The first-order chi connectivity index (χ1) is 10.1. The highest BCUT2D eigenvalue weighted by Gasteiger charge is 2.43. The molecule has 2 aromatic rings. The average molecular weight is 290 g/mol. The number of hydrogen-bond acceptors (Lipinski definition) is 5. The Balaban J connectivity index is 1.71. The molecule has 0 spiro atoms. The summed E-state index contributed by atoms with van der Waals surface area (Å²) in [7, 11) is 0. The van der Waals surface area contributed by atoms with Gasteiger partial charge in [-0.25, -0.2) is 0 Å². The lowest BCUT2D eigenvalue weighted by atomic mass is 9.83. The minimum absolute atomic E-state index is 0.154. The van der Waals surface area contributed by atoms with Gasteiger partial charge in [0.15, 0.2) is 5.69 Å². The van der Waals surface area contributed by atoms with Crippen LogP contribution in [0.2, 0.25) is 0 Å². The molecule has 2 N–H and O–H groups in total. The number of hydrogen-bond donors (Lipinski definition) is 2. The van der Waals surface area contributed by atoms with Crippen LogP contribution in [0.15, 0.2) is 18.5 Å². The maximum absolute atomic E-state index is 12.3. The number of amides is 1. The van der Waals surface area contributed by atoms with Crippen molar-refractivity contribution in [3.63, 3.8) is 0 Å². The molecule has 112 valence electrons. The number of aliphatic hydroxyl groups is 1. The Bertz CT molecular complexity index is 635. The van der Waals surface area contributed by atoms with E-state index in [1.807, 2.05) is 6.92 Å². The molecule has 8 heteroatoms. The van der Waals surface area contributed by atoms with E-state index in [2.05, 4.69) is 20.6 Å². The summed E-state index contributed by atoms with van der Waals surface area (Å²) in [4.78, 5) is 13.8. The van der Waals surface area contributed by atoms with Crippen molar-refractivity contribution < 1.29 is 9.90 Å². The smallest absolute Gasteiger partial charge is 0.274 e. The van der Waals surface area contributed by atoms with Gasteiger partial charge in [-0.15, -0.1) is 5.10 Å². The molecule has 1 amide bonds. The van der Waals surface area contributed by atoms with E-state index in [1.54, 1.807) is 30.1 Å². The highest BCUT2D eigenvalue weighted by molar-refractivity contribution is 5.93. The van der Waals surface area contributed by atoms with Crippen LogP contribution in [0.1, 0.15) is 35.6 Å². The lowest BCUT2D eigenvalue weighted by molar-refractivity contribution is -0.00597. The van der Waals surface area contributed by atoms with Crippen molar-refractivity contribution >= 4 is 5.91 Å². The van der Waals surface area contributed by atoms with E-state index in [0.717, 1.165) is 0 Å². The maximum Gasteiger partial charge on any atom is 0.274 e. The lowest BCUT2D eigenvalue weighted by Crippen LogP contribution is -2.56. The zero-order valence-electron chi connectivity index (χ0n) is 12.0. The van der Waals surface area contributed by atoms with Crippen LogP contribution in [-0.4, -0.2) is 47.9 Å². The molecule has 0 unspecified atom stereocenters. The van der Waals surface area contributed by atoms with Gasteiger partial charge in [-0.05, 0) is 26.3 Å². The molecule has 1 aliphatic carbocycles. The van der Waals surface area contributed by atoms with Crippen LogP contribution in [0, 0.1) is 6.92 Å². The van der Waals surface area contributed by atoms with Gasteiger partial charge in [-0.1, -0.05) is 0 Å². The van der Waals surface area contributed by atoms with E-state index in [4.69, 9.17) is 0 Å². The number of nitrogens with one attached hydrogen (secondary N) is 1. The van der Waals surface area contributed by atoms with Gasteiger partial charge in [0.05, 0.1) is 30.4 Å². The molecule has 1 fully saturated rings. The average Bonchev–Trinajstić information content (AvgIpc) is 3.07. The molecule has 21 heavy (non-hydrogen) atoms. The Kier molecular flexibility index (Phi) is 3.46. The van der Waals surface area contributed by atoms with E-state index in [-0.39, 0.29) is 18.0 Å². The SMILES string of the molecule is CCn1nc(C)c(C(=O)N[C@H]2C[C@@H](O)[C@@H]2n2cccn2)n1. The summed E-state index contributed by atoms with van der Waals surface area (Å²) in [6.45, 7) is 4.29. The number of carbonyl (C=O) groups is 1. The fourth-order valence-electron chi connectivity index (χ4n) is 2.59. The van der Waals surface area contributed by atoms with Crippen LogP contribution in [-0.2, 0) is 6.54 Å². The molecule has 3 rings (SSSR count). The van der Waals surface area contributed by atoms with E-state index >= 15 is 0 Å². The Morgan fingerprint density at radius 3 is 2.90 bits per heavy atom. The number of nitrogens with zero attached hydrogens (tertiary/aromatic N) is 5. The molecular weight excluding hydrogens is 272 g/mol. The van der Waals surface area contributed by atoms with Gasteiger partial charge >= 0.3 is 0 Å². The molecule has 0 aliphatic heterocycles. The number of carbonyl (C=O) groups excluding carboxylic acids is 1. The van der Waals surface area contributed by atoms with Gasteiger partial charge in [-0.2, -0.15) is 15.0 Å². The van der Waals surface area contributed by atoms with Gasteiger partial charge in [0, 0.05) is 12.4 Å². The topological polar surface area (TPSA) is 97.9 Å². The number of aryl methyl sites for hydroxylation is 2. The first-order valence-corrected chi connectivity index (χ1v) is 7.00. The predicted octanol–water partition coefficient (Wildman–Crippen LogP) is -0.0928. The summed E-state index contributed by atoms with van der Waals surface area (Å²) in [6, 6.07) is 1.41. The fourth-order valence-corrected chi connectivity index (χ4v) is 2.59. The largest absolute Gasteiger partial charge is 0.391 e. The third kappa shape index (κ3) is 2.42.